The number of rotatable bonds is 1. The van der Waals surface area contributed by atoms with Gasteiger partial charge < -0.3 is 0 Å². The maximum Gasteiger partial charge on any atom is 0.274 e. The summed E-state index contributed by atoms with van der Waals surface area (Å²) < 4.78 is 2.40. The van der Waals surface area contributed by atoms with Crippen molar-refractivity contribution in [1.82, 2.24) is 9.38 Å². The lowest BCUT2D eigenvalue weighted by atomic mass is 10.2. The van der Waals surface area contributed by atoms with Crippen LogP contribution in [0.2, 0.25) is 0 Å². The van der Waals surface area contributed by atoms with Crippen LogP contribution in [-0.4, -0.2) is 9.38 Å². The molecule has 3 nitrogen and oxygen atoms in total. The summed E-state index contributed by atoms with van der Waals surface area (Å²) in [4.78, 5) is 17.8. The van der Waals surface area contributed by atoms with E-state index in [4.69, 9.17) is 0 Å². The van der Waals surface area contributed by atoms with Crippen molar-refractivity contribution in [1.29, 1.82) is 0 Å². The molecule has 2 aromatic heterocycles. The first-order valence-corrected chi connectivity index (χ1v) is 7.11. The van der Waals surface area contributed by atoms with Crippen molar-refractivity contribution in [2.75, 3.05) is 0 Å². The first-order valence-electron chi connectivity index (χ1n) is 6.30. The smallest absolute Gasteiger partial charge is 0.267 e. The Kier molecular flexibility index (Phi) is 2.44. The third-order valence-corrected chi connectivity index (χ3v) is 4.21. The number of hydrogen-bond acceptors (Lipinski definition) is 3. The van der Waals surface area contributed by atoms with Crippen LogP contribution in [0.25, 0.3) is 22.1 Å². The first kappa shape index (κ1) is 11.4. The minimum Gasteiger partial charge on any atom is -0.267 e. The van der Waals surface area contributed by atoms with E-state index in [0.717, 1.165) is 21.6 Å². The number of fused-ring (bicyclic) bond motifs is 3. The highest BCUT2D eigenvalue weighted by Gasteiger charge is 2.09. The van der Waals surface area contributed by atoms with Gasteiger partial charge in [-0.25, -0.2) is 9.38 Å². The van der Waals surface area contributed by atoms with Gasteiger partial charge >= 0.3 is 0 Å². The van der Waals surface area contributed by atoms with Gasteiger partial charge in [-0.2, -0.15) is 0 Å². The van der Waals surface area contributed by atoms with Crippen LogP contribution in [-0.2, 0) is 0 Å². The number of para-hydroxylation sites is 2. The summed E-state index contributed by atoms with van der Waals surface area (Å²) in [5, 5.41) is 0. The Morgan fingerprint density at radius 2 is 1.75 bits per heavy atom. The largest absolute Gasteiger partial charge is 0.274 e. The van der Waals surface area contributed by atoms with Crippen molar-refractivity contribution in [2.24, 2.45) is 0 Å². The van der Waals surface area contributed by atoms with E-state index < -0.39 is 0 Å². The Labute approximate surface area is 118 Å². The van der Waals surface area contributed by atoms with E-state index in [9.17, 15) is 4.79 Å². The number of hydrogen-bond donors (Lipinski definition) is 0. The predicted octanol–water partition coefficient (Wildman–Crippen LogP) is 2.46. The molecule has 0 N–H and O–H groups in total. The third-order valence-electron chi connectivity index (χ3n) is 3.24. The molecule has 0 radical (unpaired) electrons. The van der Waals surface area contributed by atoms with E-state index in [1.165, 1.54) is 11.3 Å². The average Bonchev–Trinajstić information content (AvgIpc) is 2.98. The van der Waals surface area contributed by atoms with Crippen LogP contribution in [0.15, 0.2) is 59.4 Å². The van der Waals surface area contributed by atoms with Gasteiger partial charge in [-0.1, -0.05) is 53.8 Å². The Morgan fingerprint density at radius 3 is 2.60 bits per heavy atom. The molecule has 0 aliphatic heterocycles. The second-order valence-electron chi connectivity index (χ2n) is 4.54. The van der Waals surface area contributed by atoms with Crippen molar-refractivity contribution in [2.45, 2.75) is 0 Å². The molecular weight excluding hydrogens is 268 g/mol. The molecule has 96 valence electrons. The first-order chi connectivity index (χ1) is 9.83. The molecule has 0 unspecified atom stereocenters. The Morgan fingerprint density at radius 1 is 1.00 bits per heavy atom. The lowest BCUT2D eigenvalue weighted by Crippen LogP contribution is -2.22. The molecule has 4 rings (SSSR count). The van der Waals surface area contributed by atoms with Crippen LogP contribution in [0.5, 0.6) is 0 Å². The maximum absolute atomic E-state index is 12.5. The topological polar surface area (TPSA) is 34.4 Å². The van der Waals surface area contributed by atoms with Crippen LogP contribution in [0.3, 0.4) is 0 Å². The maximum atomic E-state index is 12.5. The molecular formula is C16H10N2OS. The summed E-state index contributed by atoms with van der Waals surface area (Å²) in [5.74, 6) is 0. The van der Waals surface area contributed by atoms with Crippen molar-refractivity contribution < 1.29 is 0 Å². The number of imidazole rings is 1. The fraction of sp³-hybridized carbons (Fsp3) is 0. The van der Waals surface area contributed by atoms with Gasteiger partial charge in [0.05, 0.1) is 15.6 Å². The molecule has 20 heavy (non-hydrogen) atoms. The lowest BCUT2D eigenvalue weighted by Gasteiger charge is -1.88. The molecule has 0 saturated heterocycles. The molecule has 2 heterocycles. The fourth-order valence-corrected chi connectivity index (χ4v) is 3.30. The van der Waals surface area contributed by atoms with Gasteiger partial charge in [0, 0.05) is 0 Å². The minimum atomic E-state index is 0.00236. The van der Waals surface area contributed by atoms with Gasteiger partial charge in [-0.05, 0) is 23.8 Å². The van der Waals surface area contributed by atoms with E-state index in [1.807, 2.05) is 60.7 Å². The second kappa shape index (κ2) is 4.28. The molecule has 0 amide bonds. The predicted molar refractivity (Wildman–Crippen MR) is 82.1 cm³/mol. The molecule has 0 atom stereocenters. The highest BCUT2D eigenvalue weighted by atomic mass is 32.1. The average molecular weight is 278 g/mol. The Hall–Kier alpha value is -2.46. The zero-order valence-corrected chi connectivity index (χ0v) is 11.3. The van der Waals surface area contributed by atoms with Gasteiger partial charge in [0.25, 0.3) is 5.56 Å². The van der Waals surface area contributed by atoms with E-state index in [0.29, 0.717) is 4.53 Å². The fourth-order valence-electron chi connectivity index (χ4n) is 2.31. The molecule has 0 fully saturated rings. The number of thiazole rings is 1. The quantitative estimate of drug-likeness (QED) is 0.536. The van der Waals surface area contributed by atoms with Crippen molar-refractivity contribution in [3.05, 3.63) is 75.0 Å². The van der Waals surface area contributed by atoms with Crippen molar-refractivity contribution in [3.8, 4) is 0 Å². The van der Waals surface area contributed by atoms with E-state index in [-0.39, 0.29) is 5.56 Å². The van der Waals surface area contributed by atoms with E-state index in [2.05, 4.69) is 4.98 Å². The third kappa shape index (κ3) is 1.66. The SMILES string of the molecule is O=c1c(=Cc2ccccc2)sc2nc3ccccc3n12. The van der Waals surface area contributed by atoms with Gasteiger partial charge in [0.2, 0.25) is 0 Å². The molecule has 0 saturated carbocycles. The van der Waals surface area contributed by atoms with Crippen LogP contribution in [0.4, 0.5) is 0 Å². The van der Waals surface area contributed by atoms with Crippen LogP contribution in [0, 0.1) is 0 Å². The van der Waals surface area contributed by atoms with Gasteiger partial charge in [0.15, 0.2) is 4.96 Å². The molecule has 2 aromatic carbocycles. The molecule has 0 spiro atoms. The summed E-state index contributed by atoms with van der Waals surface area (Å²) in [6, 6.07) is 17.6. The van der Waals surface area contributed by atoms with Crippen LogP contribution in [0.1, 0.15) is 5.56 Å². The zero-order valence-electron chi connectivity index (χ0n) is 10.5. The van der Waals surface area contributed by atoms with Crippen LogP contribution >= 0.6 is 11.3 Å². The number of benzene rings is 2. The monoisotopic (exact) mass is 278 g/mol. The Bertz CT molecular complexity index is 1020. The molecule has 4 heteroatoms. The van der Waals surface area contributed by atoms with Gasteiger partial charge in [-0.3, -0.25) is 4.79 Å². The molecule has 4 aromatic rings. The molecule has 0 aliphatic carbocycles. The summed E-state index contributed by atoms with van der Waals surface area (Å²) in [6.07, 6.45) is 1.91. The highest BCUT2D eigenvalue weighted by molar-refractivity contribution is 7.15. The van der Waals surface area contributed by atoms with Crippen molar-refractivity contribution >= 4 is 33.4 Å². The summed E-state index contributed by atoms with van der Waals surface area (Å²) in [7, 11) is 0. The summed E-state index contributed by atoms with van der Waals surface area (Å²) in [5.41, 5.74) is 2.76. The van der Waals surface area contributed by atoms with Gasteiger partial charge in [-0.15, -0.1) is 0 Å². The number of nitrogens with zero attached hydrogens (tertiary/aromatic N) is 2. The normalized spacial score (nSPS) is 12.5. The van der Waals surface area contributed by atoms with E-state index >= 15 is 0 Å². The number of aromatic nitrogens is 2. The molecule has 0 aliphatic rings. The minimum absolute atomic E-state index is 0.00236. The summed E-state index contributed by atoms with van der Waals surface area (Å²) >= 11 is 1.43. The van der Waals surface area contributed by atoms with E-state index in [1.54, 1.807) is 4.40 Å². The van der Waals surface area contributed by atoms with Crippen molar-refractivity contribution in [3.63, 3.8) is 0 Å². The Balaban J connectivity index is 2.06. The standard InChI is InChI=1S/C16H10N2OS/c19-15-14(10-11-6-2-1-3-7-11)20-16-17-12-8-4-5-9-13(12)18(15)16/h1-10H. The molecule has 0 bridgehead atoms. The second-order valence-corrected chi connectivity index (χ2v) is 5.55. The highest BCUT2D eigenvalue weighted by Crippen LogP contribution is 2.15. The van der Waals surface area contributed by atoms with Gasteiger partial charge in [0.1, 0.15) is 0 Å². The lowest BCUT2D eigenvalue weighted by molar-refractivity contribution is 1.19. The zero-order chi connectivity index (χ0) is 13.5. The van der Waals surface area contributed by atoms with Crippen LogP contribution < -0.4 is 10.1 Å². The summed E-state index contributed by atoms with van der Waals surface area (Å²) in [6.45, 7) is 0.